The lowest BCUT2D eigenvalue weighted by molar-refractivity contribution is 0.206. The SMILES string of the molecule is CC1CCCC(C)C1NCc1nncn1C. The second-order valence-corrected chi connectivity index (χ2v) is 5.15. The molecule has 1 heterocycles. The van der Waals surface area contributed by atoms with Gasteiger partial charge >= 0.3 is 0 Å². The van der Waals surface area contributed by atoms with Gasteiger partial charge < -0.3 is 9.88 Å². The fourth-order valence-corrected chi connectivity index (χ4v) is 2.76. The van der Waals surface area contributed by atoms with Crippen LogP contribution in [0, 0.1) is 11.8 Å². The predicted molar refractivity (Wildman–Crippen MR) is 63.8 cm³/mol. The van der Waals surface area contributed by atoms with Crippen LogP contribution in [-0.2, 0) is 13.6 Å². The van der Waals surface area contributed by atoms with Crippen LogP contribution >= 0.6 is 0 Å². The molecule has 1 aromatic heterocycles. The maximum atomic E-state index is 4.10. The Bertz CT molecular complexity index is 324. The summed E-state index contributed by atoms with van der Waals surface area (Å²) in [4.78, 5) is 0. The van der Waals surface area contributed by atoms with Crippen LogP contribution in [0.1, 0.15) is 38.9 Å². The average molecular weight is 222 g/mol. The zero-order chi connectivity index (χ0) is 11.5. The molecule has 0 spiro atoms. The van der Waals surface area contributed by atoms with Crippen LogP contribution < -0.4 is 5.32 Å². The quantitative estimate of drug-likeness (QED) is 0.847. The monoisotopic (exact) mass is 222 g/mol. The Kier molecular flexibility index (Phi) is 3.59. The molecule has 0 amide bonds. The number of aryl methyl sites for hydroxylation is 1. The summed E-state index contributed by atoms with van der Waals surface area (Å²) >= 11 is 0. The van der Waals surface area contributed by atoms with E-state index in [1.165, 1.54) is 19.3 Å². The van der Waals surface area contributed by atoms with Crippen molar-refractivity contribution in [2.45, 2.75) is 45.7 Å². The van der Waals surface area contributed by atoms with Gasteiger partial charge in [-0.1, -0.05) is 20.3 Å². The minimum Gasteiger partial charge on any atom is -0.320 e. The van der Waals surface area contributed by atoms with Crippen LogP contribution in [0.4, 0.5) is 0 Å². The molecular weight excluding hydrogens is 200 g/mol. The normalized spacial score (nSPS) is 30.6. The Morgan fingerprint density at radius 1 is 1.38 bits per heavy atom. The summed E-state index contributed by atoms with van der Waals surface area (Å²) in [6, 6.07) is 0.630. The van der Waals surface area contributed by atoms with E-state index in [2.05, 4.69) is 29.4 Å². The Morgan fingerprint density at radius 3 is 2.62 bits per heavy atom. The van der Waals surface area contributed by atoms with Crippen LogP contribution in [0.15, 0.2) is 6.33 Å². The number of hydrogen-bond acceptors (Lipinski definition) is 3. The van der Waals surface area contributed by atoms with Gasteiger partial charge in [-0.25, -0.2) is 0 Å². The van der Waals surface area contributed by atoms with Gasteiger partial charge in [0.2, 0.25) is 0 Å². The molecule has 2 unspecified atom stereocenters. The van der Waals surface area contributed by atoms with Gasteiger partial charge in [0, 0.05) is 13.1 Å². The first-order chi connectivity index (χ1) is 7.68. The van der Waals surface area contributed by atoms with Crippen molar-refractivity contribution in [1.29, 1.82) is 0 Å². The van der Waals surface area contributed by atoms with E-state index in [-0.39, 0.29) is 0 Å². The Labute approximate surface area is 97.5 Å². The summed E-state index contributed by atoms with van der Waals surface area (Å²) < 4.78 is 1.98. The molecule has 4 nitrogen and oxygen atoms in total. The van der Waals surface area contributed by atoms with E-state index >= 15 is 0 Å². The van der Waals surface area contributed by atoms with Gasteiger partial charge in [0.15, 0.2) is 0 Å². The van der Waals surface area contributed by atoms with Crippen LogP contribution in [-0.4, -0.2) is 20.8 Å². The minimum absolute atomic E-state index is 0.630. The fraction of sp³-hybridized carbons (Fsp3) is 0.833. The molecule has 1 aromatic rings. The van der Waals surface area contributed by atoms with Crippen molar-refractivity contribution in [3.63, 3.8) is 0 Å². The van der Waals surface area contributed by atoms with Crippen LogP contribution in [0.3, 0.4) is 0 Å². The molecule has 0 bridgehead atoms. The Morgan fingerprint density at radius 2 is 2.06 bits per heavy atom. The summed E-state index contributed by atoms with van der Waals surface area (Å²) in [7, 11) is 1.99. The largest absolute Gasteiger partial charge is 0.320 e. The highest BCUT2D eigenvalue weighted by Crippen LogP contribution is 2.28. The lowest BCUT2D eigenvalue weighted by Gasteiger charge is -2.35. The molecule has 1 saturated carbocycles. The van der Waals surface area contributed by atoms with Crippen molar-refractivity contribution in [2.24, 2.45) is 18.9 Å². The Hall–Kier alpha value is -0.900. The molecule has 1 N–H and O–H groups in total. The first-order valence-electron chi connectivity index (χ1n) is 6.24. The van der Waals surface area contributed by atoms with Crippen LogP contribution in [0.25, 0.3) is 0 Å². The molecule has 90 valence electrons. The van der Waals surface area contributed by atoms with E-state index in [4.69, 9.17) is 0 Å². The molecule has 2 atom stereocenters. The van der Waals surface area contributed by atoms with Gasteiger partial charge in [0.1, 0.15) is 12.2 Å². The third-order valence-electron chi connectivity index (χ3n) is 3.85. The van der Waals surface area contributed by atoms with Crippen LogP contribution in [0.2, 0.25) is 0 Å². The van der Waals surface area contributed by atoms with E-state index in [1.807, 2.05) is 11.6 Å². The van der Waals surface area contributed by atoms with E-state index in [1.54, 1.807) is 6.33 Å². The molecule has 16 heavy (non-hydrogen) atoms. The smallest absolute Gasteiger partial charge is 0.146 e. The van der Waals surface area contributed by atoms with Gasteiger partial charge in [-0.2, -0.15) is 0 Å². The summed E-state index contributed by atoms with van der Waals surface area (Å²) in [6.45, 7) is 5.53. The molecule has 0 aliphatic heterocycles. The molecule has 0 radical (unpaired) electrons. The second-order valence-electron chi connectivity index (χ2n) is 5.15. The summed E-state index contributed by atoms with van der Waals surface area (Å²) in [5.74, 6) is 2.57. The maximum Gasteiger partial charge on any atom is 0.146 e. The highest BCUT2D eigenvalue weighted by Gasteiger charge is 2.27. The third-order valence-corrected chi connectivity index (χ3v) is 3.85. The van der Waals surface area contributed by atoms with Gasteiger partial charge in [0.25, 0.3) is 0 Å². The first kappa shape index (κ1) is 11.6. The van der Waals surface area contributed by atoms with Crippen LogP contribution in [0.5, 0.6) is 0 Å². The third kappa shape index (κ3) is 2.43. The van der Waals surface area contributed by atoms with E-state index in [0.717, 1.165) is 24.2 Å². The molecule has 2 rings (SSSR count). The average Bonchev–Trinajstić information content (AvgIpc) is 2.64. The standard InChI is InChI=1S/C12H22N4/c1-9-5-4-6-10(2)12(9)13-7-11-15-14-8-16(11)3/h8-10,12-13H,4-7H2,1-3H3. The van der Waals surface area contributed by atoms with Gasteiger partial charge in [-0.3, -0.25) is 0 Å². The maximum absolute atomic E-state index is 4.10. The summed E-state index contributed by atoms with van der Waals surface area (Å²) in [6.07, 6.45) is 5.83. The van der Waals surface area contributed by atoms with Crippen molar-refractivity contribution in [3.05, 3.63) is 12.2 Å². The highest BCUT2D eigenvalue weighted by molar-refractivity contribution is 4.88. The lowest BCUT2D eigenvalue weighted by atomic mass is 9.79. The summed E-state index contributed by atoms with van der Waals surface area (Å²) in [5.41, 5.74) is 0. The zero-order valence-electron chi connectivity index (χ0n) is 10.5. The molecule has 0 aromatic carbocycles. The number of nitrogens with zero attached hydrogens (tertiary/aromatic N) is 3. The molecule has 1 aliphatic carbocycles. The summed E-state index contributed by atoms with van der Waals surface area (Å²) in [5, 5.41) is 11.6. The van der Waals surface area contributed by atoms with E-state index in [9.17, 15) is 0 Å². The first-order valence-corrected chi connectivity index (χ1v) is 6.24. The van der Waals surface area contributed by atoms with Gasteiger partial charge in [-0.05, 0) is 24.7 Å². The van der Waals surface area contributed by atoms with E-state index < -0.39 is 0 Å². The van der Waals surface area contributed by atoms with Crippen molar-refractivity contribution in [1.82, 2.24) is 20.1 Å². The van der Waals surface area contributed by atoms with Gasteiger partial charge in [0.05, 0.1) is 6.54 Å². The predicted octanol–water partition coefficient (Wildman–Crippen LogP) is 1.73. The number of nitrogens with one attached hydrogen (secondary N) is 1. The second kappa shape index (κ2) is 4.95. The van der Waals surface area contributed by atoms with Crippen molar-refractivity contribution in [2.75, 3.05) is 0 Å². The topological polar surface area (TPSA) is 42.7 Å². The van der Waals surface area contributed by atoms with Crippen molar-refractivity contribution >= 4 is 0 Å². The van der Waals surface area contributed by atoms with Crippen molar-refractivity contribution < 1.29 is 0 Å². The zero-order valence-corrected chi connectivity index (χ0v) is 10.5. The number of rotatable bonds is 3. The van der Waals surface area contributed by atoms with E-state index in [0.29, 0.717) is 6.04 Å². The van der Waals surface area contributed by atoms with Crippen molar-refractivity contribution in [3.8, 4) is 0 Å². The highest BCUT2D eigenvalue weighted by atomic mass is 15.3. The molecule has 1 aliphatic rings. The molecule has 4 heteroatoms. The lowest BCUT2D eigenvalue weighted by Crippen LogP contribution is -2.42. The minimum atomic E-state index is 0.630. The Balaban J connectivity index is 1.91. The molecule has 1 fully saturated rings. The molecular formula is C12H22N4. The van der Waals surface area contributed by atoms with Gasteiger partial charge in [-0.15, -0.1) is 10.2 Å². The fourth-order valence-electron chi connectivity index (χ4n) is 2.76. The number of aromatic nitrogens is 3. The number of hydrogen-bond donors (Lipinski definition) is 1. The molecule has 0 saturated heterocycles.